The van der Waals surface area contributed by atoms with Gasteiger partial charge in [-0.2, -0.15) is 0 Å². The standard InChI is InChI=1S/C14H18O/c1-3-12-8-9-13(4-2)14(11-12)7-5-6-10-15/h8-9,11,15H,3-4,6,10H2,1-2H3. The van der Waals surface area contributed by atoms with Crippen molar-refractivity contribution < 1.29 is 5.11 Å². The molecule has 0 unspecified atom stereocenters. The van der Waals surface area contributed by atoms with E-state index in [4.69, 9.17) is 5.11 Å². The lowest BCUT2D eigenvalue weighted by atomic mass is 10.0. The average Bonchev–Trinajstić information content (AvgIpc) is 2.29. The van der Waals surface area contributed by atoms with Crippen molar-refractivity contribution in [1.29, 1.82) is 0 Å². The molecular weight excluding hydrogens is 184 g/mol. The van der Waals surface area contributed by atoms with Gasteiger partial charge in [-0.25, -0.2) is 0 Å². The molecule has 1 heteroatoms. The number of aryl methyl sites for hydroxylation is 2. The van der Waals surface area contributed by atoms with Crippen molar-refractivity contribution in [2.24, 2.45) is 0 Å². The number of hydrogen-bond acceptors (Lipinski definition) is 1. The van der Waals surface area contributed by atoms with E-state index in [0.29, 0.717) is 6.42 Å². The third kappa shape index (κ3) is 3.42. The van der Waals surface area contributed by atoms with Crippen molar-refractivity contribution in [2.45, 2.75) is 33.1 Å². The Bertz CT molecular complexity index is 369. The van der Waals surface area contributed by atoms with E-state index in [1.165, 1.54) is 11.1 Å². The molecule has 15 heavy (non-hydrogen) atoms. The van der Waals surface area contributed by atoms with Crippen molar-refractivity contribution in [3.05, 3.63) is 34.9 Å². The normalized spacial score (nSPS) is 9.53. The molecule has 0 aliphatic heterocycles. The van der Waals surface area contributed by atoms with Crippen LogP contribution in [0.3, 0.4) is 0 Å². The molecule has 1 nitrogen and oxygen atoms in total. The number of aliphatic hydroxyl groups excluding tert-OH is 1. The van der Waals surface area contributed by atoms with Crippen LogP contribution < -0.4 is 0 Å². The zero-order chi connectivity index (χ0) is 11.1. The maximum atomic E-state index is 8.67. The van der Waals surface area contributed by atoms with Crippen LogP contribution in [0.1, 0.15) is 37.0 Å². The van der Waals surface area contributed by atoms with E-state index >= 15 is 0 Å². The molecule has 1 rings (SSSR count). The second-order valence-corrected chi connectivity index (χ2v) is 3.47. The molecule has 1 N–H and O–H groups in total. The molecule has 0 spiro atoms. The van der Waals surface area contributed by atoms with Crippen molar-refractivity contribution in [1.82, 2.24) is 0 Å². The van der Waals surface area contributed by atoms with Gasteiger partial charge in [0.2, 0.25) is 0 Å². The molecule has 1 aromatic carbocycles. The second kappa shape index (κ2) is 6.27. The van der Waals surface area contributed by atoms with Gasteiger partial charge in [0.25, 0.3) is 0 Å². The zero-order valence-electron chi connectivity index (χ0n) is 9.51. The fraction of sp³-hybridized carbons (Fsp3) is 0.429. The first-order valence-corrected chi connectivity index (χ1v) is 5.53. The minimum atomic E-state index is 0.141. The van der Waals surface area contributed by atoms with Crippen LogP contribution in [-0.2, 0) is 12.8 Å². The van der Waals surface area contributed by atoms with Crippen LogP contribution in [0, 0.1) is 11.8 Å². The topological polar surface area (TPSA) is 20.2 Å². The molecule has 1 aromatic rings. The summed E-state index contributed by atoms with van der Waals surface area (Å²) in [4.78, 5) is 0. The minimum absolute atomic E-state index is 0.141. The molecule has 0 bridgehead atoms. The largest absolute Gasteiger partial charge is 0.395 e. The lowest BCUT2D eigenvalue weighted by Gasteiger charge is -2.03. The van der Waals surface area contributed by atoms with Crippen molar-refractivity contribution in [3.8, 4) is 11.8 Å². The Labute approximate surface area is 92.1 Å². The lowest BCUT2D eigenvalue weighted by molar-refractivity contribution is 0.305. The van der Waals surface area contributed by atoms with Crippen molar-refractivity contribution in [2.75, 3.05) is 6.61 Å². The van der Waals surface area contributed by atoms with E-state index < -0.39 is 0 Å². The predicted octanol–water partition coefficient (Wildman–Crippen LogP) is 2.55. The van der Waals surface area contributed by atoms with E-state index in [0.717, 1.165) is 18.4 Å². The van der Waals surface area contributed by atoms with Crippen LogP contribution in [-0.4, -0.2) is 11.7 Å². The van der Waals surface area contributed by atoms with Gasteiger partial charge in [-0.3, -0.25) is 0 Å². The first kappa shape index (κ1) is 11.8. The van der Waals surface area contributed by atoms with Gasteiger partial charge in [0, 0.05) is 12.0 Å². The first-order valence-electron chi connectivity index (χ1n) is 5.53. The molecule has 0 atom stereocenters. The van der Waals surface area contributed by atoms with Gasteiger partial charge in [-0.1, -0.05) is 37.8 Å². The third-order valence-electron chi connectivity index (χ3n) is 2.42. The van der Waals surface area contributed by atoms with Crippen LogP contribution >= 0.6 is 0 Å². The monoisotopic (exact) mass is 202 g/mol. The molecule has 0 aromatic heterocycles. The Morgan fingerprint density at radius 1 is 1.20 bits per heavy atom. The van der Waals surface area contributed by atoms with Crippen molar-refractivity contribution in [3.63, 3.8) is 0 Å². The Balaban J connectivity index is 2.97. The van der Waals surface area contributed by atoms with E-state index in [1.54, 1.807) is 0 Å². The van der Waals surface area contributed by atoms with Crippen LogP contribution in [0.5, 0.6) is 0 Å². The molecule has 0 saturated heterocycles. The highest BCUT2D eigenvalue weighted by molar-refractivity contribution is 5.44. The highest BCUT2D eigenvalue weighted by Crippen LogP contribution is 2.12. The summed E-state index contributed by atoms with van der Waals surface area (Å²) in [7, 11) is 0. The number of benzene rings is 1. The summed E-state index contributed by atoms with van der Waals surface area (Å²) in [5.41, 5.74) is 3.73. The highest BCUT2D eigenvalue weighted by Gasteiger charge is 1.98. The summed E-state index contributed by atoms with van der Waals surface area (Å²) in [5, 5.41) is 8.67. The molecule has 0 aliphatic rings. The van der Waals surface area contributed by atoms with Gasteiger partial charge in [0.1, 0.15) is 0 Å². The maximum Gasteiger partial charge on any atom is 0.0540 e. The number of hydrogen-bond donors (Lipinski definition) is 1. The van der Waals surface area contributed by atoms with E-state index in [1.807, 2.05) is 0 Å². The maximum absolute atomic E-state index is 8.67. The third-order valence-corrected chi connectivity index (χ3v) is 2.42. The number of aliphatic hydroxyl groups is 1. The lowest BCUT2D eigenvalue weighted by Crippen LogP contribution is -1.90. The molecule has 0 amide bonds. The molecule has 0 heterocycles. The van der Waals surface area contributed by atoms with Gasteiger partial charge in [-0.15, -0.1) is 0 Å². The molecule has 0 aliphatic carbocycles. The van der Waals surface area contributed by atoms with Crippen LogP contribution in [0.4, 0.5) is 0 Å². The Hall–Kier alpha value is -1.26. The fourth-order valence-electron chi connectivity index (χ4n) is 1.48. The molecular formula is C14H18O. The van der Waals surface area contributed by atoms with Gasteiger partial charge < -0.3 is 5.11 Å². The first-order chi connectivity index (χ1) is 7.31. The Morgan fingerprint density at radius 3 is 2.60 bits per heavy atom. The summed E-state index contributed by atoms with van der Waals surface area (Å²) >= 11 is 0. The minimum Gasteiger partial charge on any atom is -0.395 e. The van der Waals surface area contributed by atoms with Crippen LogP contribution in [0.15, 0.2) is 18.2 Å². The molecule has 0 fully saturated rings. The summed E-state index contributed by atoms with van der Waals surface area (Å²) in [5.74, 6) is 6.11. The van der Waals surface area contributed by atoms with E-state index in [9.17, 15) is 0 Å². The molecule has 0 radical (unpaired) electrons. The molecule has 80 valence electrons. The van der Waals surface area contributed by atoms with E-state index in [2.05, 4.69) is 43.9 Å². The van der Waals surface area contributed by atoms with Crippen LogP contribution in [0.2, 0.25) is 0 Å². The Kier molecular flexibility index (Phi) is 4.93. The average molecular weight is 202 g/mol. The summed E-state index contributed by atoms with van der Waals surface area (Å²) in [6.45, 7) is 4.42. The fourth-order valence-corrected chi connectivity index (χ4v) is 1.48. The second-order valence-electron chi connectivity index (χ2n) is 3.47. The predicted molar refractivity (Wildman–Crippen MR) is 63.8 cm³/mol. The van der Waals surface area contributed by atoms with Gasteiger partial charge in [0.05, 0.1) is 6.61 Å². The van der Waals surface area contributed by atoms with E-state index in [-0.39, 0.29) is 6.61 Å². The smallest absolute Gasteiger partial charge is 0.0540 e. The van der Waals surface area contributed by atoms with Gasteiger partial charge in [-0.05, 0) is 30.0 Å². The zero-order valence-corrected chi connectivity index (χ0v) is 9.51. The SMILES string of the molecule is CCc1ccc(CC)c(C#CCCO)c1. The molecule has 0 saturated carbocycles. The van der Waals surface area contributed by atoms with Gasteiger partial charge in [0.15, 0.2) is 0 Å². The Morgan fingerprint density at radius 2 is 2.00 bits per heavy atom. The van der Waals surface area contributed by atoms with Gasteiger partial charge >= 0.3 is 0 Å². The quantitative estimate of drug-likeness (QED) is 0.747. The number of rotatable bonds is 3. The van der Waals surface area contributed by atoms with Crippen molar-refractivity contribution >= 4 is 0 Å². The summed E-state index contributed by atoms with van der Waals surface area (Å²) in [6.07, 6.45) is 2.60. The summed E-state index contributed by atoms with van der Waals surface area (Å²) < 4.78 is 0. The van der Waals surface area contributed by atoms with Crippen LogP contribution in [0.25, 0.3) is 0 Å². The highest BCUT2D eigenvalue weighted by atomic mass is 16.2. The summed E-state index contributed by atoms with van der Waals surface area (Å²) in [6, 6.07) is 6.47.